The first kappa shape index (κ1) is 7.53. The van der Waals surface area contributed by atoms with Crippen molar-refractivity contribution >= 4 is 0 Å². The summed E-state index contributed by atoms with van der Waals surface area (Å²) < 4.78 is 5.16. The normalized spacial score (nSPS) is 34.1. The van der Waals surface area contributed by atoms with Crippen molar-refractivity contribution in [1.82, 2.24) is 4.90 Å². The molecule has 3 nitrogen and oxygen atoms in total. The van der Waals surface area contributed by atoms with Gasteiger partial charge in [-0.15, -0.1) is 0 Å². The fraction of sp³-hybridized carbons (Fsp3) is 1.00. The molecule has 0 bridgehead atoms. The molecule has 0 aromatic carbocycles. The molecule has 2 rings (SSSR count). The monoisotopic (exact) mass is 156 g/mol. The zero-order valence-electron chi connectivity index (χ0n) is 6.83. The standard InChI is InChI=1S/C8H16N2O/c9-4-7-2-1-3-10(7)8-5-11-6-8/h7-8H,1-6,9H2/t7-/m0/s1. The van der Waals surface area contributed by atoms with Gasteiger partial charge >= 0.3 is 0 Å². The second kappa shape index (κ2) is 3.09. The van der Waals surface area contributed by atoms with Gasteiger partial charge in [-0.05, 0) is 19.4 Å². The van der Waals surface area contributed by atoms with E-state index in [1.807, 2.05) is 0 Å². The number of hydrogen-bond acceptors (Lipinski definition) is 3. The van der Waals surface area contributed by atoms with Crippen molar-refractivity contribution in [2.75, 3.05) is 26.3 Å². The van der Waals surface area contributed by atoms with Crippen LogP contribution in [-0.2, 0) is 4.74 Å². The molecule has 0 amide bonds. The Hall–Kier alpha value is -0.120. The van der Waals surface area contributed by atoms with E-state index in [-0.39, 0.29) is 0 Å². The molecule has 0 aromatic rings. The Balaban J connectivity index is 1.89. The topological polar surface area (TPSA) is 38.5 Å². The van der Waals surface area contributed by atoms with E-state index in [9.17, 15) is 0 Å². The molecule has 0 unspecified atom stereocenters. The molecule has 2 fully saturated rings. The third kappa shape index (κ3) is 1.28. The third-order valence-electron chi connectivity index (χ3n) is 2.78. The van der Waals surface area contributed by atoms with E-state index < -0.39 is 0 Å². The molecule has 0 aliphatic carbocycles. The summed E-state index contributed by atoms with van der Waals surface area (Å²) in [5, 5.41) is 0. The maximum atomic E-state index is 5.66. The van der Waals surface area contributed by atoms with Crippen LogP contribution >= 0.6 is 0 Å². The molecule has 2 aliphatic rings. The molecule has 0 saturated carbocycles. The van der Waals surface area contributed by atoms with Crippen molar-refractivity contribution in [3.05, 3.63) is 0 Å². The largest absolute Gasteiger partial charge is 0.378 e. The van der Waals surface area contributed by atoms with Gasteiger partial charge in [-0.3, -0.25) is 4.90 Å². The second-order valence-corrected chi connectivity index (χ2v) is 3.46. The van der Waals surface area contributed by atoms with Gasteiger partial charge in [0.25, 0.3) is 0 Å². The van der Waals surface area contributed by atoms with Crippen LogP contribution in [-0.4, -0.2) is 43.3 Å². The Labute approximate surface area is 67.5 Å². The molecule has 0 radical (unpaired) electrons. The minimum Gasteiger partial charge on any atom is -0.378 e. The molecule has 64 valence electrons. The second-order valence-electron chi connectivity index (χ2n) is 3.46. The number of ether oxygens (including phenoxy) is 1. The van der Waals surface area contributed by atoms with Crippen molar-refractivity contribution in [3.63, 3.8) is 0 Å². The Morgan fingerprint density at radius 2 is 2.27 bits per heavy atom. The predicted octanol–water partition coefficient (Wildman–Crippen LogP) is -0.192. The number of nitrogens with zero attached hydrogens (tertiary/aromatic N) is 1. The molecule has 2 aliphatic heterocycles. The summed E-state index contributed by atoms with van der Waals surface area (Å²) in [6.07, 6.45) is 2.60. The minimum absolute atomic E-state index is 0.642. The minimum atomic E-state index is 0.642. The molecule has 2 heterocycles. The lowest BCUT2D eigenvalue weighted by Gasteiger charge is -2.37. The Bertz CT molecular complexity index is 136. The van der Waals surface area contributed by atoms with Crippen LogP contribution in [0.15, 0.2) is 0 Å². The van der Waals surface area contributed by atoms with Gasteiger partial charge in [0.1, 0.15) is 0 Å². The van der Waals surface area contributed by atoms with E-state index in [1.165, 1.54) is 19.4 Å². The summed E-state index contributed by atoms with van der Waals surface area (Å²) in [5.41, 5.74) is 5.66. The maximum Gasteiger partial charge on any atom is 0.0645 e. The highest BCUT2D eigenvalue weighted by Crippen LogP contribution is 2.22. The van der Waals surface area contributed by atoms with Crippen molar-refractivity contribution < 1.29 is 4.74 Å². The van der Waals surface area contributed by atoms with E-state index in [0.29, 0.717) is 12.1 Å². The van der Waals surface area contributed by atoms with Crippen LogP contribution in [0.5, 0.6) is 0 Å². The highest BCUT2D eigenvalue weighted by atomic mass is 16.5. The fourth-order valence-electron chi connectivity index (χ4n) is 2.01. The van der Waals surface area contributed by atoms with Gasteiger partial charge < -0.3 is 10.5 Å². The Kier molecular flexibility index (Phi) is 2.11. The van der Waals surface area contributed by atoms with Crippen LogP contribution in [0.1, 0.15) is 12.8 Å². The van der Waals surface area contributed by atoms with Crippen molar-refractivity contribution in [3.8, 4) is 0 Å². The lowest BCUT2D eigenvalue weighted by molar-refractivity contribution is -0.0680. The van der Waals surface area contributed by atoms with Gasteiger partial charge in [0.2, 0.25) is 0 Å². The number of likely N-dealkylation sites (tertiary alicyclic amines) is 1. The summed E-state index contributed by atoms with van der Waals surface area (Å²) in [4.78, 5) is 2.52. The number of nitrogens with two attached hydrogens (primary N) is 1. The average Bonchev–Trinajstić information content (AvgIpc) is 2.32. The van der Waals surface area contributed by atoms with Gasteiger partial charge in [0.05, 0.1) is 19.3 Å². The molecule has 2 N–H and O–H groups in total. The molecular weight excluding hydrogens is 140 g/mol. The SMILES string of the molecule is NC[C@@H]1CCCN1C1COC1. The highest BCUT2D eigenvalue weighted by Gasteiger charge is 2.33. The average molecular weight is 156 g/mol. The fourth-order valence-corrected chi connectivity index (χ4v) is 2.01. The number of hydrogen-bond donors (Lipinski definition) is 1. The van der Waals surface area contributed by atoms with Gasteiger partial charge in [0.15, 0.2) is 0 Å². The van der Waals surface area contributed by atoms with Gasteiger partial charge in [-0.25, -0.2) is 0 Å². The Morgan fingerprint density at radius 3 is 2.82 bits per heavy atom. The summed E-state index contributed by atoms with van der Waals surface area (Å²) >= 11 is 0. The van der Waals surface area contributed by atoms with Gasteiger partial charge in [-0.2, -0.15) is 0 Å². The summed E-state index contributed by atoms with van der Waals surface area (Å²) in [6.45, 7) is 3.90. The van der Waals surface area contributed by atoms with Crippen molar-refractivity contribution in [2.45, 2.75) is 24.9 Å². The molecule has 2 saturated heterocycles. The molecule has 3 heteroatoms. The van der Waals surface area contributed by atoms with Crippen molar-refractivity contribution in [1.29, 1.82) is 0 Å². The van der Waals surface area contributed by atoms with E-state index in [4.69, 9.17) is 10.5 Å². The van der Waals surface area contributed by atoms with Crippen LogP contribution in [0.4, 0.5) is 0 Å². The lowest BCUT2D eigenvalue weighted by Crippen LogP contribution is -2.52. The summed E-state index contributed by atoms with van der Waals surface area (Å²) in [5.74, 6) is 0. The molecular formula is C8H16N2O. The van der Waals surface area contributed by atoms with Gasteiger partial charge in [0, 0.05) is 12.6 Å². The Morgan fingerprint density at radius 1 is 1.45 bits per heavy atom. The molecule has 11 heavy (non-hydrogen) atoms. The van der Waals surface area contributed by atoms with Crippen LogP contribution in [0.3, 0.4) is 0 Å². The molecule has 1 atom stereocenters. The lowest BCUT2D eigenvalue weighted by atomic mass is 10.1. The first-order chi connectivity index (χ1) is 5.42. The van der Waals surface area contributed by atoms with Gasteiger partial charge in [-0.1, -0.05) is 0 Å². The predicted molar refractivity (Wildman–Crippen MR) is 43.4 cm³/mol. The maximum absolute atomic E-state index is 5.66. The first-order valence-electron chi connectivity index (χ1n) is 4.45. The zero-order chi connectivity index (χ0) is 7.68. The zero-order valence-corrected chi connectivity index (χ0v) is 6.83. The molecule has 0 aromatic heterocycles. The first-order valence-corrected chi connectivity index (χ1v) is 4.45. The number of rotatable bonds is 2. The van der Waals surface area contributed by atoms with Crippen LogP contribution in [0.2, 0.25) is 0 Å². The van der Waals surface area contributed by atoms with Crippen LogP contribution in [0.25, 0.3) is 0 Å². The third-order valence-corrected chi connectivity index (χ3v) is 2.78. The molecule has 0 spiro atoms. The van der Waals surface area contributed by atoms with E-state index in [2.05, 4.69) is 4.90 Å². The quantitative estimate of drug-likeness (QED) is 0.602. The van der Waals surface area contributed by atoms with E-state index >= 15 is 0 Å². The van der Waals surface area contributed by atoms with E-state index in [0.717, 1.165) is 19.8 Å². The van der Waals surface area contributed by atoms with Crippen LogP contribution in [0, 0.1) is 0 Å². The summed E-state index contributed by atoms with van der Waals surface area (Å²) in [7, 11) is 0. The van der Waals surface area contributed by atoms with Crippen molar-refractivity contribution in [2.24, 2.45) is 5.73 Å². The highest BCUT2D eigenvalue weighted by molar-refractivity contribution is 4.88. The van der Waals surface area contributed by atoms with E-state index in [1.54, 1.807) is 0 Å². The van der Waals surface area contributed by atoms with Crippen LogP contribution < -0.4 is 5.73 Å². The smallest absolute Gasteiger partial charge is 0.0645 e. The summed E-state index contributed by atoms with van der Waals surface area (Å²) in [6, 6.07) is 1.33.